The van der Waals surface area contributed by atoms with Crippen molar-refractivity contribution in [2.24, 2.45) is 0 Å². The Morgan fingerprint density at radius 1 is 1.04 bits per heavy atom. The molecule has 5 nitrogen and oxygen atoms in total. The molecule has 1 saturated heterocycles. The van der Waals surface area contributed by atoms with Gasteiger partial charge in [-0.1, -0.05) is 18.0 Å². The van der Waals surface area contributed by atoms with Crippen LogP contribution in [0.5, 0.6) is 0 Å². The summed E-state index contributed by atoms with van der Waals surface area (Å²) in [7, 11) is 0. The van der Waals surface area contributed by atoms with Gasteiger partial charge in [-0.2, -0.15) is 5.10 Å². The molecule has 2 atom stereocenters. The van der Waals surface area contributed by atoms with Gasteiger partial charge in [-0.3, -0.25) is 14.6 Å². The van der Waals surface area contributed by atoms with Gasteiger partial charge in [-0.25, -0.2) is 4.98 Å². The largest absolute Gasteiger partial charge is 0.298 e. The van der Waals surface area contributed by atoms with Crippen molar-refractivity contribution in [1.29, 1.82) is 0 Å². The second-order valence-electron chi connectivity index (χ2n) is 7.61. The molecule has 27 heavy (non-hydrogen) atoms. The number of piperidine rings is 1. The monoisotopic (exact) mass is 383 g/mol. The van der Waals surface area contributed by atoms with Gasteiger partial charge in [-0.15, -0.1) is 0 Å². The van der Waals surface area contributed by atoms with Gasteiger partial charge >= 0.3 is 0 Å². The Balaban J connectivity index is 1.41. The summed E-state index contributed by atoms with van der Waals surface area (Å²) >= 11 is 6.00. The van der Waals surface area contributed by atoms with Crippen LogP contribution in [0.1, 0.15) is 39.5 Å². The zero-order valence-electron chi connectivity index (χ0n) is 16.0. The molecule has 0 amide bonds. The molecule has 1 aliphatic rings. The van der Waals surface area contributed by atoms with Gasteiger partial charge in [0.2, 0.25) is 0 Å². The van der Waals surface area contributed by atoms with Gasteiger partial charge in [-0.05, 0) is 51.3 Å². The molecule has 142 valence electrons. The molecule has 0 bridgehead atoms. The van der Waals surface area contributed by atoms with Gasteiger partial charge in [0.25, 0.3) is 0 Å². The Morgan fingerprint density at radius 2 is 1.85 bits per heavy atom. The number of hydrogen-bond acceptors (Lipinski definition) is 4. The van der Waals surface area contributed by atoms with Crippen molar-refractivity contribution in [3.8, 4) is 11.1 Å². The quantitative estimate of drug-likeness (QED) is 0.594. The van der Waals surface area contributed by atoms with E-state index in [2.05, 4.69) is 40.0 Å². The Bertz CT molecular complexity index is 912. The highest BCUT2D eigenvalue weighted by Crippen LogP contribution is 2.24. The van der Waals surface area contributed by atoms with Crippen LogP contribution in [0.3, 0.4) is 0 Å². The third-order valence-corrected chi connectivity index (χ3v) is 5.86. The third kappa shape index (κ3) is 4.14. The van der Waals surface area contributed by atoms with Crippen LogP contribution in [0.2, 0.25) is 5.15 Å². The number of nitrogens with zero attached hydrogens (tertiary/aromatic N) is 5. The first-order valence-corrected chi connectivity index (χ1v) is 10.2. The lowest BCUT2D eigenvalue weighted by Crippen LogP contribution is -2.44. The average Bonchev–Trinajstić information content (AvgIpc) is 3.12. The van der Waals surface area contributed by atoms with E-state index in [0.29, 0.717) is 17.2 Å². The molecular weight excluding hydrogens is 358 g/mol. The molecule has 4 heterocycles. The van der Waals surface area contributed by atoms with Crippen molar-refractivity contribution in [2.45, 2.75) is 58.2 Å². The number of halogens is 1. The molecule has 1 fully saturated rings. The standard InChI is InChI=1S/C21H26ClN5/c1-15-5-3-6-16(2)27(15)10-4-9-26-14-18(13-24-26)17-11-20-19(23-12-17)7-8-21(22)25-20/h7-8,11-16H,3-6,9-10H2,1-2H3/t15-,16+. The SMILES string of the molecule is C[C@@H]1CCC[C@H](C)N1CCCn1cc(-c2cnc3ccc(Cl)nc3c2)cn1. The van der Waals surface area contributed by atoms with Crippen molar-refractivity contribution >= 4 is 22.6 Å². The molecule has 0 N–H and O–H groups in total. The lowest BCUT2D eigenvalue weighted by Gasteiger charge is -2.39. The second-order valence-corrected chi connectivity index (χ2v) is 8.00. The molecule has 0 unspecified atom stereocenters. The fourth-order valence-corrected chi connectivity index (χ4v) is 4.26. The Kier molecular flexibility index (Phi) is 5.41. The minimum Gasteiger partial charge on any atom is -0.298 e. The van der Waals surface area contributed by atoms with Crippen LogP contribution in [0.25, 0.3) is 22.2 Å². The van der Waals surface area contributed by atoms with Crippen LogP contribution in [-0.2, 0) is 6.54 Å². The lowest BCUT2D eigenvalue weighted by molar-refractivity contribution is 0.100. The molecule has 0 saturated carbocycles. The number of pyridine rings is 2. The van der Waals surface area contributed by atoms with Crippen molar-refractivity contribution < 1.29 is 0 Å². The molecule has 4 rings (SSSR count). The average molecular weight is 384 g/mol. The summed E-state index contributed by atoms with van der Waals surface area (Å²) in [6.45, 7) is 6.78. The molecule has 0 radical (unpaired) electrons. The van der Waals surface area contributed by atoms with E-state index in [4.69, 9.17) is 11.6 Å². The maximum atomic E-state index is 6.00. The van der Waals surface area contributed by atoms with Crippen LogP contribution in [0, 0.1) is 0 Å². The normalized spacial score (nSPS) is 21.0. The topological polar surface area (TPSA) is 46.8 Å². The fourth-order valence-electron chi connectivity index (χ4n) is 4.11. The zero-order chi connectivity index (χ0) is 18.8. The Morgan fingerprint density at radius 3 is 2.67 bits per heavy atom. The summed E-state index contributed by atoms with van der Waals surface area (Å²) in [6.07, 6.45) is 11.0. The molecule has 3 aromatic heterocycles. The molecule has 1 aliphatic heterocycles. The van der Waals surface area contributed by atoms with E-state index >= 15 is 0 Å². The van der Waals surface area contributed by atoms with Gasteiger partial charge in [0, 0.05) is 48.7 Å². The summed E-state index contributed by atoms with van der Waals surface area (Å²) < 4.78 is 2.03. The first kappa shape index (κ1) is 18.4. The van der Waals surface area contributed by atoms with Crippen molar-refractivity contribution in [3.63, 3.8) is 0 Å². The van der Waals surface area contributed by atoms with Crippen LogP contribution in [-0.4, -0.2) is 43.3 Å². The zero-order valence-corrected chi connectivity index (χ0v) is 16.7. The molecule has 0 aliphatic carbocycles. The smallest absolute Gasteiger partial charge is 0.129 e. The van der Waals surface area contributed by atoms with Gasteiger partial charge < -0.3 is 0 Å². The summed E-state index contributed by atoms with van der Waals surface area (Å²) in [5.74, 6) is 0. The van der Waals surface area contributed by atoms with Crippen LogP contribution in [0.15, 0.2) is 36.8 Å². The number of likely N-dealkylation sites (tertiary alicyclic amines) is 1. The van der Waals surface area contributed by atoms with Gasteiger partial charge in [0.15, 0.2) is 0 Å². The third-order valence-electron chi connectivity index (χ3n) is 5.65. The van der Waals surface area contributed by atoms with Gasteiger partial charge in [0.1, 0.15) is 5.15 Å². The van der Waals surface area contributed by atoms with Crippen LogP contribution < -0.4 is 0 Å². The van der Waals surface area contributed by atoms with E-state index in [1.807, 2.05) is 29.2 Å². The first-order valence-electron chi connectivity index (χ1n) is 9.81. The van der Waals surface area contributed by atoms with Crippen LogP contribution >= 0.6 is 11.6 Å². The van der Waals surface area contributed by atoms with E-state index in [1.54, 1.807) is 6.07 Å². The van der Waals surface area contributed by atoms with E-state index in [9.17, 15) is 0 Å². The first-order chi connectivity index (χ1) is 13.1. The molecule has 6 heteroatoms. The Labute approximate surface area is 165 Å². The Hall–Kier alpha value is -1.98. The number of rotatable bonds is 5. The predicted molar refractivity (Wildman–Crippen MR) is 110 cm³/mol. The molecule has 0 aromatic carbocycles. The van der Waals surface area contributed by atoms with E-state index in [1.165, 1.54) is 19.3 Å². The number of fused-ring (bicyclic) bond motifs is 1. The molecular formula is C21H26ClN5. The predicted octanol–water partition coefficient (Wildman–Crippen LogP) is 4.80. The minimum absolute atomic E-state index is 0.485. The van der Waals surface area contributed by atoms with Crippen molar-refractivity contribution in [3.05, 3.63) is 41.9 Å². The highest BCUT2D eigenvalue weighted by atomic mass is 35.5. The van der Waals surface area contributed by atoms with Gasteiger partial charge in [0.05, 0.1) is 17.2 Å². The summed E-state index contributed by atoms with van der Waals surface area (Å²) in [5.41, 5.74) is 3.73. The summed E-state index contributed by atoms with van der Waals surface area (Å²) in [5, 5.41) is 5.02. The summed E-state index contributed by atoms with van der Waals surface area (Å²) in [4.78, 5) is 11.5. The van der Waals surface area contributed by atoms with Crippen molar-refractivity contribution in [2.75, 3.05) is 6.54 Å². The highest BCUT2D eigenvalue weighted by Gasteiger charge is 2.23. The number of aromatic nitrogens is 4. The van der Waals surface area contributed by atoms with E-state index in [-0.39, 0.29) is 0 Å². The van der Waals surface area contributed by atoms with Crippen LogP contribution in [0.4, 0.5) is 0 Å². The van der Waals surface area contributed by atoms with E-state index < -0.39 is 0 Å². The molecule has 3 aromatic rings. The van der Waals surface area contributed by atoms with Crippen molar-refractivity contribution in [1.82, 2.24) is 24.6 Å². The maximum Gasteiger partial charge on any atom is 0.129 e. The number of hydrogen-bond donors (Lipinski definition) is 0. The second kappa shape index (κ2) is 7.95. The maximum absolute atomic E-state index is 6.00. The lowest BCUT2D eigenvalue weighted by atomic mass is 9.97. The highest BCUT2D eigenvalue weighted by molar-refractivity contribution is 6.29. The van der Waals surface area contributed by atoms with E-state index in [0.717, 1.165) is 41.7 Å². The minimum atomic E-state index is 0.485. The fraction of sp³-hybridized carbons (Fsp3) is 0.476. The summed E-state index contributed by atoms with van der Waals surface area (Å²) in [6, 6.07) is 7.07. The molecule has 0 spiro atoms. The number of aryl methyl sites for hydroxylation is 1.